The number of halogens is 4. The fourth-order valence-corrected chi connectivity index (χ4v) is 4.68. The van der Waals surface area contributed by atoms with Gasteiger partial charge in [0, 0.05) is 12.2 Å². The number of alkyl halides is 3. The van der Waals surface area contributed by atoms with E-state index in [1.807, 2.05) is 25.1 Å². The lowest BCUT2D eigenvalue weighted by Gasteiger charge is -2.21. The Labute approximate surface area is 208 Å². The van der Waals surface area contributed by atoms with Gasteiger partial charge in [-0.3, -0.25) is 14.2 Å². The van der Waals surface area contributed by atoms with Crippen molar-refractivity contribution in [3.8, 4) is 5.69 Å². The highest BCUT2D eigenvalue weighted by molar-refractivity contribution is 7.99. The predicted octanol–water partition coefficient (Wildman–Crippen LogP) is 6.20. The van der Waals surface area contributed by atoms with E-state index in [0.29, 0.717) is 17.7 Å². The molecule has 0 unspecified atom stereocenters. The maximum Gasteiger partial charge on any atom is 0.416 e. The van der Waals surface area contributed by atoms with Crippen molar-refractivity contribution in [3.05, 3.63) is 93.7 Å². The van der Waals surface area contributed by atoms with Crippen LogP contribution in [-0.4, -0.2) is 27.8 Å². The maximum atomic E-state index is 13.4. The molecule has 35 heavy (non-hydrogen) atoms. The number of anilines is 1. The molecule has 0 radical (unpaired) electrons. The SMILES string of the molecule is CCN(C(=O)CSc1nc2ccccc2c(=O)n1-c1cc(C(F)(F)F)ccc1Cl)c1ccccc1. The van der Waals surface area contributed by atoms with Crippen LogP contribution >= 0.6 is 23.4 Å². The van der Waals surface area contributed by atoms with Gasteiger partial charge in [-0.2, -0.15) is 13.2 Å². The van der Waals surface area contributed by atoms with Gasteiger partial charge in [-0.25, -0.2) is 4.98 Å². The molecule has 1 amide bonds. The van der Waals surface area contributed by atoms with E-state index in [1.165, 1.54) is 6.07 Å². The summed E-state index contributed by atoms with van der Waals surface area (Å²) in [5.41, 5.74) is -0.616. The molecule has 180 valence electrons. The van der Waals surface area contributed by atoms with Crippen LogP contribution in [0.3, 0.4) is 0 Å². The molecule has 0 aliphatic carbocycles. The number of benzene rings is 3. The van der Waals surface area contributed by atoms with Crippen molar-refractivity contribution in [1.82, 2.24) is 9.55 Å². The molecule has 4 rings (SSSR count). The summed E-state index contributed by atoms with van der Waals surface area (Å²) in [5, 5.41) is 0.230. The summed E-state index contributed by atoms with van der Waals surface area (Å²) in [4.78, 5) is 32.5. The molecular formula is C25H19ClF3N3O2S. The lowest BCUT2D eigenvalue weighted by atomic mass is 10.2. The number of hydrogen-bond donors (Lipinski definition) is 0. The van der Waals surface area contributed by atoms with E-state index in [9.17, 15) is 22.8 Å². The fourth-order valence-electron chi connectivity index (χ4n) is 3.60. The number of para-hydroxylation sites is 2. The molecule has 3 aromatic carbocycles. The van der Waals surface area contributed by atoms with Crippen molar-refractivity contribution in [3.63, 3.8) is 0 Å². The Bertz CT molecular complexity index is 1440. The molecular weight excluding hydrogens is 499 g/mol. The molecule has 1 aromatic heterocycles. The van der Waals surface area contributed by atoms with Gasteiger partial charge in [0.1, 0.15) is 0 Å². The monoisotopic (exact) mass is 517 g/mol. The average Bonchev–Trinajstić information content (AvgIpc) is 2.84. The Morgan fingerprint density at radius 2 is 1.74 bits per heavy atom. The zero-order valence-corrected chi connectivity index (χ0v) is 20.0. The van der Waals surface area contributed by atoms with E-state index in [2.05, 4.69) is 4.98 Å². The highest BCUT2D eigenvalue weighted by atomic mass is 35.5. The third-order valence-electron chi connectivity index (χ3n) is 5.27. The van der Waals surface area contributed by atoms with Crippen LogP contribution in [0.5, 0.6) is 0 Å². The number of fused-ring (bicyclic) bond motifs is 1. The zero-order valence-electron chi connectivity index (χ0n) is 18.4. The molecule has 0 saturated carbocycles. The Morgan fingerprint density at radius 3 is 2.43 bits per heavy atom. The summed E-state index contributed by atoms with van der Waals surface area (Å²) in [7, 11) is 0. The Balaban J connectivity index is 1.79. The molecule has 0 saturated heterocycles. The first-order chi connectivity index (χ1) is 16.7. The smallest absolute Gasteiger partial charge is 0.312 e. The highest BCUT2D eigenvalue weighted by Gasteiger charge is 2.31. The number of nitrogens with zero attached hydrogens (tertiary/aromatic N) is 3. The third kappa shape index (κ3) is 5.21. The summed E-state index contributed by atoms with van der Waals surface area (Å²) < 4.78 is 41.3. The summed E-state index contributed by atoms with van der Waals surface area (Å²) in [5.74, 6) is -0.336. The van der Waals surface area contributed by atoms with Crippen LogP contribution in [0.1, 0.15) is 12.5 Å². The molecule has 1 heterocycles. The number of carbonyl (C=O) groups is 1. The largest absolute Gasteiger partial charge is 0.416 e. The maximum absolute atomic E-state index is 13.4. The second kappa shape index (κ2) is 10.1. The molecule has 0 aliphatic heterocycles. The van der Waals surface area contributed by atoms with E-state index in [1.54, 1.807) is 35.2 Å². The lowest BCUT2D eigenvalue weighted by Crippen LogP contribution is -2.32. The van der Waals surface area contributed by atoms with Gasteiger partial charge < -0.3 is 4.90 Å². The number of hydrogen-bond acceptors (Lipinski definition) is 4. The normalized spacial score (nSPS) is 11.6. The van der Waals surface area contributed by atoms with Crippen LogP contribution in [0.2, 0.25) is 5.02 Å². The number of aromatic nitrogens is 2. The van der Waals surface area contributed by atoms with Crippen molar-refractivity contribution < 1.29 is 18.0 Å². The molecule has 0 atom stereocenters. The summed E-state index contributed by atoms with van der Waals surface area (Å²) >= 11 is 7.21. The van der Waals surface area contributed by atoms with Gasteiger partial charge in [-0.1, -0.05) is 53.7 Å². The van der Waals surface area contributed by atoms with Gasteiger partial charge in [-0.15, -0.1) is 0 Å². The number of carbonyl (C=O) groups excluding carboxylic acids is 1. The summed E-state index contributed by atoms with van der Waals surface area (Å²) in [6.45, 7) is 2.25. The van der Waals surface area contributed by atoms with E-state index < -0.39 is 17.3 Å². The molecule has 5 nitrogen and oxygen atoms in total. The minimum absolute atomic E-state index is 0.0511. The third-order valence-corrected chi connectivity index (χ3v) is 6.51. The topological polar surface area (TPSA) is 55.2 Å². The van der Waals surface area contributed by atoms with E-state index >= 15 is 0 Å². The molecule has 0 spiro atoms. The number of amides is 1. The van der Waals surface area contributed by atoms with Gasteiger partial charge in [-0.05, 0) is 49.4 Å². The zero-order chi connectivity index (χ0) is 25.2. The average molecular weight is 518 g/mol. The lowest BCUT2D eigenvalue weighted by molar-refractivity contribution is -0.137. The molecule has 0 N–H and O–H groups in total. The second-order valence-electron chi connectivity index (χ2n) is 7.48. The first-order valence-corrected chi connectivity index (χ1v) is 11.9. The fraction of sp³-hybridized carbons (Fsp3) is 0.160. The van der Waals surface area contributed by atoms with E-state index in [0.717, 1.165) is 34.5 Å². The predicted molar refractivity (Wildman–Crippen MR) is 133 cm³/mol. The van der Waals surface area contributed by atoms with Gasteiger partial charge >= 0.3 is 6.18 Å². The Morgan fingerprint density at radius 1 is 1.06 bits per heavy atom. The van der Waals surface area contributed by atoms with Gasteiger partial charge in [0.25, 0.3) is 5.56 Å². The molecule has 0 bridgehead atoms. The van der Waals surface area contributed by atoms with Gasteiger partial charge in [0.2, 0.25) is 5.91 Å². The second-order valence-corrected chi connectivity index (χ2v) is 8.83. The standard InChI is InChI=1S/C25H19ClF3N3O2S/c1-2-31(17-8-4-3-5-9-17)22(33)15-35-24-30-20-11-7-6-10-18(20)23(34)32(24)21-14-16(25(27,28)29)12-13-19(21)26/h3-14H,2,15H2,1H3. The molecule has 10 heteroatoms. The summed E-state index contributed by atoms with van der Waals surface area (Å²) in [6.07, 6.45) is -4.63. The van der Waals surface area contributed by atoms with Crippen LogP contribution in [0.15, 0.2) is 82.7 Å². The van der Waals surface area contributed by atoms with Crippen LogP contribution in [0.25, 0.3) is 16.6 Å². The highest BCUT2D eigenvalue weighted by Crippen LogP contribution is 2.34. The van der Waals surface area contributed by atoms with Crippen LogP contribution in [0.4, 0.5) is 18.9 Å². The molecule has 4 aromatic rings. The number of thioether (sulfide) groups is 1. The van der Waals surface area contributed by atoms with Gasteiger partial charge in [0.15, 0.2) is 5.16 Å². The van der Waals surface area contributed by atoms with Crippen LogP contribution in [-0.2, 0) is 11.0 Å². The first-order valence-electron chi connectivity index (χ1n) is 10.6. The Kier molecular flexibility index (Phi) is 7.18. The number of rotatable bonds is 6. The minimum atomic E-state index is -4.63. The quantitative estimate of drug-likeness (QED) is 0.226. The van der Waals surface area contributed by atoms with Crippen molar-refractivity contribution in [1.29, 1.82) is 0 Å². The van der Waals surface area contributed by atoms with Crippen LogP contribution < -0.4 is 10.5 Å². The minimum Gasteiger partial charge on any atom is -0.312 e. The molecule has 0 aliphatic rings. The van der Waals surface area contributed by atoms with Crippen molar-refractivity contribution in [2.24, 2.45) is 0 Å². The van der Waals surface area contributed by atoms with Crippen molar-refractivity contribution in [2.75, 3.05) is 17.2 Å². The van der Waals surface area contributed by atoms with Crippen molar-refractivity contribution >= 4 is 45.9 Å². The van der Waals surface area contributed by atoms with E-state index in [4.69, 9.17) is 11.6 Å². The van der Waals surface area contributed by atoms with Crippen LogP contribution in [0, 0.1) is 0 Å². The molecule has 0 fully saturated rings. The van der Waals surface area contributed by atoms with E-state index in [-0.39, 0.29) is 32.9 Å². The Hall–Kier alpha value is -3.30. The summed E-state index contributed by atoms with van der Waals surface area (Å²) in [6, 6.07) is 18.3. The van der Waals surface area contributed by atoms with Crippen molar-refractivity contribution in [2.45, 2.75) is 18.3 Å². The van der Waals surface area contributed by atoms with Gasteiger partial charge in [0.05, 0.1) is 32.9 Å². The first kappa shape index (κ1) is 24.8.